The number of nitrogens with zero attached hydrogens (tertiary/aromatic N) is 3. The minimum absolute atomic E-state index is 0.00614. The second-order valence-corrected chi connectivity index (χ2v) is 7.34. The van der Waals surface area contributed by atoms with Gasteiger partial charge >= 0.3 is 0 Å². The highest BCUT2D eigenvalue weighted by atomic mass is 16.5. The first-order chi connectivity index (χ1) is 13.1. The minimum Gasteiger partial charge on any atom is -0.365 e. The van der Waals surface area contributed by atoms with Crippen molar-refractivity contribution in [1.29, 1.82) is 0 Å². The summed E-state index contributed by atoms with van der Waals surface area (Å²) < 4.78 is 7.49. The SMILES string of the molecule is [NH3+][C@H]1C[C@H](OCc2cn(CC(=O)c3ccc4ccccc4c3)nn2)[C@@H]([NH3+])C1. The molecule has 0 aliphatic heterocycles. The number of fused-ring (bicyclic) bond motifs is 1. The van der Waals surface area contributed by atoms with Crippen molar-refractivity contribution < 1.29 is 21.0 Å². The Morgan fingerprint density at radius 1 is 1.15 bits per heavy atom. The number of rotatable bonds is 6. The van der Waals surface area contributed by atoms with E-state index in [1.54, 1.807) is 10.9 Å². The summed E-state index contributed by atoms with van der Waals surface area (Å²) in [7, 11) is 0. The Morgan fingerprint density at radius 2 is 1.96 bits per heavy atom. The van der Waals surface area contributed by atoms with E-state index in [1.165, 1.54) is 0 Å². The second kappa shape index (κ2) is 7.56. The molecule has 27 heavy (non-hydrogen) atoms. The predicted molar refractivity (Wildman–Crippen MR) is 99.5 cm³/mol. The van der Waals surface area contributed by atoms with Gasteiger partial charge in [-0.25, -0.2) is 4.68 Å². The summed E-state index contributed by atoms with van der Waals surface area (Å²) in [6.45, 7) is 0.543. The molecular weight excluding hydrogens is 342 g/mol. The zero-order valence-corrected chi connectivity index (χ0v) is 15.3. The van der Waals surface area contributed by atoms with Crippen molar-refractivity contribution in [3.63, 3.8) is 0 Å². The lowest BCUT2D eigenvalue weighted by Crippen LogP contribution is -2.66. The fourth-order valence-electron chi connectivity index (χ4n) is 3.68. The number of benzene rings is 2. The molecule has 0 unspecified atom stereocenters. The van der Waals surface area contributed by atoms with Crippen LogP contribution in [0.4, 0.5) is 0 Å². The Hall–Kier alpha value is -2.61. The zero-order valence-electron chi connectivity index (χ0n) is 15.3. The molecule has 4 rings (SSSR count). The predicted octanol–water partition coefficient (Wildman–Crippen LogP) is 0.214. The van der Waals surface area contributed by atoms with Gasteiger partial charge in [-0.1, -0.05) is 41.6 Å². The number of ether oxygens (including phenoxy) is 1. The number of ketones is 1. The van der Waals surface area contributed by atoms with Gasteiger partial charge in [0.15, 0.2) is 5.78 Å². The second-order valence-electron chi connectivity index (χ2n) is 7.34. The van der Waals surface area contributed by atoms with E-state index in [2.05, 4.69) is 21.8 Å². The average molecular weight is 367 g/mol. The largest absolute Gasteiger partial charge is 0.365 e. The molecule has 7 heteroatoms. The molecule has 3 atom stereocenters. The lowest BCUT2D eigenvalue weighted by molar-refractivity contribution is -0.450. The van der Waals surface area contributed by atoms with Crippen LogP contribution in [-0.4, -0.2) is 39.0 Å². The summed E-state index contributed by atoms with van der Waals surface area (Å²) in [5.74, 6) is 0.00614. The molecule has 0 bridgehead atoms. The van der Waals surface area contributed by atoms with Crippen molar-refractivity contribution in [3.05, 3.63) is 59.9 Å². The molecule has 1 saturated carbocycles. The fraction of sp³-hybridized carbons (Fsp3) is 0.350. The number of aromatic nitrogens is 3. The summed E-state index contributed by atoms with van der Waals surface area (Å²) in [6.07, 6.45) is 3.82. The van der Waals surface area contributed by atoms with Crippen LogP contribution in [-0.2, 0) is 17.9 Å². The Bertz CT molecular complexity index is 954. The Kier molecular flexibility index (Phi) is 4.98. The monoisotopic (exact) mass is 367 g/mol. The molecule has 140 valence electrons. The van der Waals surface area contributed by atoms with Crippen LogP contribution in [0.1, 0.15) is 28.9 Å². The topological polar surface area (TPSA) is 112 Å². The third-order valence-corrected chi connectivity index (χ3v) is 5.14. The first kappa shape index (κ1) is 17.8. The molecule has 6 N–H and O–H groups in total. The van der Waals surface area contributed by atoms with Crippen molar-refractivity contribution in [2.75, 3.05) is 0 Å². The molecular formula is C20H25N5O2+2. The summed E-state index contributed by atoms with van der Waals surface area (Å²) in [5.41, 5.74) is 9.62. The number of hydrogen-bond donors (Lipinski definition) is 2. The fourth-order valence-corrected chi connectivity index (χ4v) is 3.68. The zero-order chi connectivity index (χ0) is 18.8. The number of carbonyl (C=O) groups excluding carboxylic acids is 1. The van der Waals surface area contributed by atoms with Gasteiger partial charge in [0.1, 0.15) is 24.4 Å². The Morgan fingerprint density at radius 3 is 2.74 bits per heavy atom. The van der Waals surface area contributed by atoms with E-state index in [0.29, 0.717) is 18.2 Å². The van der Waals surface area contributed by atoms with Crippen molar-refractivity contribution in [3.8, 4) is 0 Å². The van der Waals surface area contributed by atoms with Gasteiger partial charge in [-0.05, 0) is 16.8 Å². The molecule has 1 fully saturated rings. The molecule has 1 aliphatic carbocycles. The van der Waals surface area contributed by atoms with Crippen LogP contribution in [0.15, 0.2) is 48.7 Å². The first-order valence-electron chi connectivity index (χ1n) is 9.27. The van der Waals surface area contributed by atoms with Gasteiger partial charge in [-0.15, -0.1) is 5.10 Å². The molecule has 0 radical (unpaired) electrons. The minimum atomic E-state index is 0.00614. The van der Waals surface area contributed by atoms with E-state index in [4.69, 9.17) is 4.74 Å². The molecule has 0 spiro atoms. The lowest BCUT2D eigenvalue weighted by Gasteiger charge is -2.11. The molecule has 1 aromatic heterocycles. The van der Waals surface area contributed by atoms with Crippen LogP contribution in [0.2, 0.25) is 0 Å². The van der Waals surface area contributed by atoms with Gasteiger partial charge in [0.2, 0.25) is 0 Å². The molecule has 1 heterocycles. The highest BCUT2D eigenvalue weighted by Gasteiger charge is 2.35. The van der Waals surface area contributed by atoms with Gasteiger partial charge in [-0.2, -0.15) is 0 Å². The number of Topliss-reactive ketones (excluding diaryl/α,β-unsaturated/α-hetero) is 1. The van der Waals surface area contributed by atoms with E-state index in [1.807, 2.05) is 42.5 Å². The maximum Gasteiger partial charge on any atom is 0.184 e. The van der Waals surface area contributed by atoms with E-state index in [9.17, 15) is 4.79 Å². The van der Waals surface area contributed by atoms with Crippen LogP contribution in [0, 0.1) is 0 Å². The van der Waals surface area contributed by atoms with E-state index < -0.39 is 0 Å². The van der Waals surface area contributed by atoms with Gasteiger partial charge in [0.25, 0.3) is 0 Å². The smallest absolute Gasteiger partial charge is 0.184 e. The van der Waals surface area contributed by atoms with Crippen LogP contribution < -0.4 is 11.5 Å². The Labute approximate surface area is 157 Å². The highest BCUT2D eigenvalue weighted by molar-refractivity contribution is 5.99. The molecule has 0 amide bonds. The summed E-state index contributed by atoms with van der Waals surface area (Å²) in [4.78, 5) is 12.6. The van der Waals surface area contributed by atoms with Crippen molar-refractivity contribution in [2.45, 2.75) is 44.2 Å². The van der Waals surface area contributed by atoms with E-state index in [0.717, 1.165) is 29.3 Å². The standard InChI is InChI=1S/C20H23N5O2/c21-16-8-18(22)20(9-16)27-12-17-10-25(24-23-17)11-19(26)15-6-5-13-3-1-2-4-14(13)7-15/h1-7,10,16,18,20H,8-9,11-12,21-22H2/p+2/t16-,18+,20+/m1/s1. The van der Waals surface area contributed by atoms with Gasteiger partial charge in [0, 0.05) is 12.0 Å². The van der Waals surface area contributed by atoms with Gasteiger partial charge in [-0.3, -0.25) is 4.79 Å². The third kappa shape index (κ3) is 4.05. The number of hydrogen-bond acceptors (Lipinski definition) is 4. The van der Waals surface area contributed by atoms with Crippen LogP contribution >= 0.6 is 0 Å². The summed E-state index contributed by atoms with van der Waals surface area (Å²) in [5, 5.41) is 10.4. The quantitative estimate of drug-likeness (QED) is 0.607. The van der Waals surface area contributed by atoms with Gasteiger partial charge in [0.05, 0.1) is 25.3 Å². The van der Waals surface area contributed by atoms with Crippen LogP contribution in [0.3, 0.4) is 0 Å². The molecule has 0 saturated heterocycles. The maximum atomic E-state index is 12.6. The summed E-state index contributed by atoms with van der Waals surface area (Å²) in [6, 6.07) is 14.4. The summed E-state index contributed by atoms with van der Waals surface area (Å²) >= 11 is 0. The molecule has 3 aromatic rings. The van der Waals surface area contributed by atoms with E-state index in [-0.39, 0.29) is 24.5 Å². The normalized spacial score (nSPS) is 22.4. The Balaban J connectivity index is 1.37. The highest BCUT2D eigenvalue weighted by Crippen LogP contribution is 2.19. The molecule has 7 nitrogen and oxygen atoms in total. The maximum absolute atomic E-state index is 12.6. The number of quaternary nitrogens is 2. The molecule has 1 aliphatic rings. The van der Waals surface area contributed by atoms with Crippen molar-refractivity contribution >= 4 is 16.6 Å². The lowest BCUT2D eigenvalue weighted by atomic mass is 10.0. The van der Waals surface area contributed by atoms with Crippen LogP contribution in [0.25, 0.3) is 10.8 Å². The number of carbonyl (C=O) groups is 1. The van der Waals surface area contributed by atoms with Gasteiger partial charge < -0.3 is 16.2 Å². The average Bonchev–Trinajstić information content (AvgIpc) is 3.24. The van der Waals surface area contributed by atoms with E-state index >= 15 is 0 Å². The molecule has 2 aromatic carbocycles. The van der Waals surface area contributed by atoms with Crippen LogP contribution in [0.5, 0.6) is 0 Å². The third-order valence-electron chi connectivity index (χ3n) is 5.14. The van der Waals surface area contributed by atoms with Crippen molar-refractivity contribution in [1.82, 2.24) is 15.0 Å². The first-order valence-corrected chi connectivity index (χ1v) is 9.27. The van der Waals surface area contributed by atoms with Crippen molar-refractivity contribution in [2.24, 2.45) is 0 Å².